The van der Waals surface area contributed by atoms with Gasteiger partial charge in [-0.1, -0.05) is 29.3 Å². The lowest BCUT2D eigenvalue weighted by atomic mass is 10.2. The number of amides is 2. The Balaban J connectivity index is 1.57. The third-order valence-electron chi connectivity index (χ3n) is 4.76. The predicted molar refractivity (Wildman–Crippen MR) is 113 cm³/mol. The van der Waals surface area contributed by atoms with E-state index in [2.05, 4.69) is 20.2 Å². The fourth-order valence-electron chi connectivity index (χ4n) is 3.11. The van der Waals surface area contributed by atoms with E-state index in [0.717, 1.165) is 30.0 Å². The van der Waals surface area contributed by atoms with Gasteiger partial charge in [-0.05, 0) is 24.6 Å². The molecule has 150 valence electrons. The highest BCUT2D eigenvalue weighted by Gasteiger charge is 2.23. The van der Waals surface area contributed by atoms with Crippen molar-refractivity contribution in [2.24, 2.45) is 0 Å². The van der Waals surface area contributed by atoms with Crippen LogP contribution in [0.4, 0.5) is 16.3 Å². The third kappa shape index (κ3) is 4.84. The second kappa shape index (κ2) is 8.94. The quantitative estimate of drug-likeness (QED) is 0.763. The van der Waals surface area contributed by atoms with E-state index in [-0.39, 0.29) is 6.03 Å². The van der Waals surface area contributed by atoms with Crippen LogP contribution in [0.5, 0.6) is 0 Å². The Morgan fingerprint density at radius 3 is 2.54 bits per heavy atom. The summed E-state index contributed by atoms with van der Waals surface area (Å²) in [7, 11) is 3.86. The average molecular weight is 423 g/mol. The van der Waals surface area contributed by atoms with Crippen LogP contribution < -0.4 is 10.2 Å². The normalized spacial score (nSPS) is 14.8. The zero-order chi connectivity index (χ0) is 20.3. The number of piperazine rings is 1. The van der Waals surface area contributed by atoms with Gasteiger partial charge in [0.1, 0.15) is 17.3 Å². The summed E-state index contributed by atoms with van der Waals surface area (Å²) in [5.41, 5.74) is 2.59. The number of aryl methyl sites for hydroxylation is 1. The summed E-state index contributed by atoms with van der Waals surface area (Å²) >= 11 is 12.4. The van der Waals surface area contributed by atoms with Crippen LogP contribution in [0.1, 0.15) is 11.1 Å². The summed E-state index contributed by atoms with van der Waals surface area (Å²) in [6.07, 6.45) is 1.47. The SMILES string of the molecule is Cc1ccc(NC(=O)N2CCN(Cc3c(Cl)ncnc3N(C)C)CC2)cc1Cl. The lowest BCUT2D eigenvalue weighted by Gasteiger charge is -2.35. The molecule has 0 bridgehead atoms. The number of carbonyl (C=O) groups is 1. The summed E-state index contributed by atoms with van der Waals surface area (Å²) in [5, 5.41) is 4.02. The minimum absolute atomic E-state index is 0.116. The number of hydrogen-bond acceptors (Lipinski definition) is 5. The number of aromatic nitrogens is 2. The minimum Gasteiger partial charge on any atom is -0.362 e. The second-order valence-electron chi connectivity index (χ2n) is 7.02. The second-order valence-corrected chi connectivity index (χ2v) is 7.78. The molecular formula is C19H24Cl2N6O. The van der Waals surface area contributed by atoms with Gasteiger partial charge in [-0.2, -0.15) is 0 Å². The van der Waals surface area contributed by atoms with Gasteiger partial charge in [-0.15, -0.1) is 0 Å². The van der Waals surface area contributed by atoms with Gasteiger partial charge in [0.05, 0.1) is 0 Å². The van der Waals surface area contributed by atoms with E-state index in [4.69, 9.17) is 23.2 Å². The molecule has 0 spiro atoms. The monoisotopic (exact) mass is 422 g/mol. The molecule has 0 saturated carbocycles. The maximum absolute atomic E-state index is 12.5. The fraction of sp³-hybridized carbons (Fsp3) is 0.421. The Morgan fingerprint density at radius 1 is 1.18 bits per heavy atom. The Hall–Kier alpha value is -2.09. The number of anilines is 2. The van der Waals surface area contributed by atoms with Crippen molar-refractivity contribution in [3.05, 3.63) is 45.8 Å². The van der Waals surface area contributed by atoms with Crippen molar-refractivity contribution in [3.8, 4) is 0 Å². The molecule has 1 fully saturated rings. The summed E-state index contributed by atoms with van der Waals surface area (Å²) in [6.45, 7) is 5.34. The molecule has 0 unspecified atom stereocenters. The van der Waals surface area contributed by atoms with E-state index in [1.54, 1.807) is 11.0 Å². The first-order valence-corrected chi connectivity index (χ1v) is 9.82. The van der Waals surface area contributed by atoms with Gasteiger partial charge < -0.3 is 15.1 Å². The molecule has 1 saturated heterocycles. The summed E-state index contributed by atoms with van der Waals surface area (Å²) < 4.78 is 0. The van der Waals surface area contributed by atoms with Crippen LogP contribution in [-0.4, -0.2) is 66.1 Å². The van der Waals surface area contributed by atoms with Gasteiger partial charge in [-0.25, -0.2) is 14.8 Å². The van der Waals surface area contributed by atoms with E-state index in [1.807, 2.05) is 38.1 Å². The largest absolute Gasteiger partial charge is 0.362 e. The topological polar surface area (TPSA) is 64.6 Å². The lowest BCUT2D eigenvalue weighted by molar-refractivity contribution is 0.143. The van der Waals surface area contributed by atoms with Crippen molar-refractivity contribution >= 4 is 40.7 Å². The molecule has 0 atom stereocenters. The van der Waals surface area contributed by atoms with E-state index < -0.39 is 0 Å². The highest BCUT2D eigenvalue weighted by atomic mass is 35.5. The molecule has 1 N–H and O–H groups in total. The van der Waals surface area contributed by atoms with Gasteiger partial charge in [0.15, 0.2) is 0 Å². The minimum atomic E-state index is -0.116. The fourth-order valence-corrected chi connectivity index (χ4v) is 3.48. The molecule has 3 rings (SSSR count). The zero-order valence-corrected chi connectivity index (χ0v) is 17.8. The number of nitrogens with one attached hydrogen (secondary N) is 1. The smallest absolute Gasteiger partial charge is 0.321 e. The number of rotatable bonds is 4. The van der Waals surface area contributed by atoms with Crippen molar-refractivity contribution in [2.45, 2.75) is 13.5 Å². The predicted octanol–water partition coefficient (Wildman–Crippen LogP) is 3.51. The molecule has 0 aliphatic carbocycles. The standard InChI is InChI=1S/C19H24Cl2N6O/c1-13-4-5-14(10-16(13)20)24-19(28)27-8-6-26(7-9-27)11-15-17(21)22-12-23-18(15)25(2)3/h4-5,10,12H,6-9,11H2,1-3H3,(H,24,28). The van der Waals surface area contributed by atoms with Gasteiger partial charge >= 0.3 is 6.03 Å². The van der Waals surface area contributed by atoms with Crippen molar-refractivity contribution in [2.75, 3.05) is 50.5 Å². The van der Waals surface area contributed by atoms with E-state index in [0.29, 0.717) is 35.5 Å². The first-order chi connectivity index (χ1) is 13.3. The Labute approximate surface area is 175 Å². The number of hydrogen-bond donors (Lipinski definition) is 1. The number of urea groups is 1. The maximum atomic E-state index is 12.5. The number of benzene rings is 1. The maximum Gasteiger partial charge on any atom is 0.321 e. The van der Waals surface area contributed by atoms with Crippen molar-refractivity contribution in [1.82, 2.24) is 19.8 Å². The molecule has 1 aromatic heterocycles. The number of halogens is 2. The summed E-state index contributed by atoms with van der Waals surface area (Å²) in [5.74, 6) is 0.816. The molecule has 9 heteroatoms. The van der Waals surface area contributed by atoms with Gasteiger partial charge in [-0.3, -0.25) is 4.90 Å². The van der Waals surface area contributed by atoms with Gasteiger partial charge in [0, 0.05) is 63.1 Å². The first-order valence-electron chi connectivity index (χ1n) is 9.06. The van der Waals surface area contributed by atoms with Crippen molar-refractivity contribution in [1.29, 1.82) is 0 Å². The molecule has 0 radical (unpaired) electrons. The van der Waals surface area contributed by atoms with Gasteiger partial charge in [0.2, 0.25) is 0 Å². The Bertz CT molecular complexity index is 852. The molecule has 2 aromatic rings. The highest BCUT2D eigenvalue weighted by Crippen LogP contribution is 2.24. The van der Waals surface area contributed by atoms with Crippen LogP contribution in [0.15, 0.2) is 24.5 Å². The Kier molecular flexibility index (Phi) is 6.59. The van der Waals surface area contributed by atoms with Crippen LogP contribution in [0.3, 0.4) is 0 Å². The molecule has 7 nitrogen and oxygen atoms in total. The van der Waals surface area contributed by atoms with Crippen LogP contribution in [-0.2, 0) is 6.54 Å². The molecule has 28 heavy (non-hydrogen) atoms. The van der Waals surface area contributed by atoms with Crippen LogP contribution in [0.2, 0.25) is 10.2 Å². The highest BCUT2D eigenvalue weighted by molar-refractivity contribution is 6.31. The average Bonchev–Trinajstić information content (AvgIpc) is 2.66. The lowest BCUT2D eigenvalue weighted by Crippen LogP contribution is -2.49. The third-order valence-corrected chi connectivity index (χ3v) is 5.49. The van der Waals surface area contributed by atoms with Crippen LogP contribution in [0.25, 0.3) is 0 Å². The number of nitrogens with zero attached hydrogens (tertiary/aromatic N) is 5. The molecule has 1 aliphatic rings. The Morgan fingerprint density at radius 2 is 1.89 bits per heavy atom. The zero-order valence-electron chi connectivity index (χ0n) is 16.2. The van der Waals surface area contributed by atoms with Crippen LogP contribution >= 0.6 is 23.2 Å². The van der Waals surface area contributed by atoms with E-state index in [9.17, 15) is 4.79 Å². The van der Waals surface area contributed by atoms with Crippen molar-refractivity contribution in [3.63, 3.8) is 0 Å². The van der Waals surface area contributed by atoms with Crippen LogP contribution in [0, 0.1) is 6.92 Å². The summed E-state index contributed by atoms with van der Waals surface area (Å²) in [4.78, 5) is 27.0. The molecule has 2 heterocycles. The van der Waals surface area contributed by atoms with E-state index in [1.165, 1.54) is 6.33 Å². The molecule has 1 aliphatic heterocycles. The molecule has 2 amide bonds. The van der Waals surface area contributed by atoms with Crippen molar-refractivity contribution < 1.29 is 4.79 Å². The van der Waals surface area contributed by atoms with E-state index >= 15 is 0 Å². The molecule has 1 aromatic carbocycles. The summed E-state index contributed by atoms with van der Waals surface area (Å²) in [6, 6.07) is 5.40. The van der Waals surface area contributed by atoms with Gasteiger partial charge in [0.25, 0.3) is 0 Å². The molecular weight excluding hydrogens is 399 g/mol. The first kappa shape index (κ1) is 20.6. The number of carbonyl (C=O) groups excluding carboxylic acids is 1.